The number of hydrogen-bond donors (Lipinski definition) is 0. The summed E-state index contributed by atoms with van der Waals surface area (Å²) in [6.07, 6.45) is 0. The Balaban J connectivity index is 0.978. The fourth-order valence-electron chi connectivity index (χ4n) is 10.3. The van der Waals surface area contributed by atoms with Crippen LogP contribution in [0.2, 0.25) is 0 Å². The van der Waals surface area contributed by atoms with Crippen molar-refractivity contribution in [1.29, 1.82) is 0 Å². The zero-order chi connectivity index (χ0) is 42.1. The maximum atomic E-state index is 6.42. The Kier molecular flexibility index (Phi) is 8.55. The second-order valence-electron chi connectivity index (χ2n) is 17.3. The third kappa shape index (κ3) is 6.09. The smallest absolute Gasteiger partial charge is 0.136 e. The van der Waals surface area contributed by atoms with E-state index >= 15 is 0 Å². The Labute approximate surface area is 368 Å². The molecule has 0 atom stereocenters. The van der Waals surface area contributed by atoms with Gasteiger partial charge in [-0.15, -0.1) is 0 Å². The molecule has 2 heteroatoms. The van der Waals surface area contributed by atoms with Crippen LogP contribution in [0.25, 0.3) is 88.3 Å². The van der Waals surface area contributed by atoms with Gasteiger partial charge < -0.3 is 9.32 Å². The average Bonchev–Trinajstić information content (AvgIpc) is 3.83. The van der Waals surface area contributed by atoms with Crippen LogP contribution < -0.4 is 4.90 Å². The summed E-state index contributed by atoms with van der Waals surface area (Å²) in [6, 6.07) is 81.6. The molecular formula is C61H43NO. The van der Waals surface area contributed by atoms with Gasteiger partial charge in [0.2, 0.25) is 0 Å². The SMILES string of the molecule is CC1(C)c2ccccc2-c2cccc(-c3ccc(N(c4cccc(-c5ccc(-c6cccc7ccccc67)cc5)c4)c4ccccc4-c4ccc5c(c4)oc4ccccc45)cc3)c21. The van der Waals surface area contributed by atoms with E-state index in [0.717, 1.165) is 55.7 Å². The normalized spacial score (nSPS) is 12.7. The summed E-state index contributed by atoms with van der Waals surface area (Å²) in [6.45, 7) is 4.72. The second kappa shape index (κ2) is 14.6. The Hall–Kier alpha value is -7.94. The first kappa shape index (κ1) is 36.9. The lowest BCUT2D eigenvalue weighted by Crippen LogP contribution is -2.16. The van der Waals surface area contributed by atoms with Crippen molar-refractivity contribution in [3.8, 4) is 55.6 Å². The molecule has 0 saturated heterocycles. The van der Waals surface area contributed by atoms with E-state index in [1.54, 1.807) is 0 Å². The largest absolute Gasteiger partial charge is 0.456 e. The van der Waals surface area contributed by atoms with Crippen LogP contribution in [0.4, 0.5) is 17.1 Å². The summed E-state index contributed by atoms with van der Waals surface area (Å²) in [5, 5.41) is 4.77. The predicted octanol–water partition coefficient (Wildman–Crippen LogP) is 17.2. The summed E-state index contributed by atoms with van der Waals surface area (Å²) in [7, 11) is 0. The van der Waals surface area contributed by atoms with Gasteiger partial charge in [-0.05, 0) is 121 Å². The minimum Gasteiger partial charge on any atom is -0.456 e. The number of fused-ring (bicyclic) bond motifs is 7. The molecule has 1 aliphatic rings. The second-order valence-corrected chi connectivity index (χ2v) is 17.3. The van der Waals surface area contributed by atoms with E-state index in [1.807, 2.05) is 12.1 Å². The molecule has 0 radical (unpaired) electrons. The number of anilines is 3. The highest BCUT2D eigenvalue weighted by Gasteiger charge is 2.37. The summed E-state index contributed by atoms with van der Waals surface area (Å²) < 4.78 is 6.42. The third-order valence-corrected chi connectivity index (χ3v) is 13.3. The molecule has 11 aromatic rings. The fraction of sp³-hybridized carbons (Fsp3) is 0.0492. The minimum atomic E-state index is -0.110. The quantitative estimate of drug-likeness (QED) is 0.160. The van der Waals surface area contributed by atoms with Crippen LogP contribution >= 0.6 is 0 Å². The molecular weight excluding hydrogens is 763 g/mol. The van der Waals surface area contributed by atoms with Crippen molar-refractivity contribution >= 4 is 49.8 Å². The lowest BCUT2D eigenvalue weighted by Gasteiger charge is -2.29. The average molecular weight is 806 g/mol. The van der Waals surface area contributed by atoms with Crippen LogP contribution in [0, 0.1) is 0 Å². The van der Waals surface area contributed by atoms with Crippen LogP contribution in [0.1, 0.15) is 25.0 Å². The van der Waals surface area contributed by atoms with Gasteiger partial charge in [-0.1, -0.05) is 190 Å². The molecule has 0 spiro atoms. The van der Waals surface area contributed by atoms with Gasteiger partial charge >= 0.3 is 0 Å². The lowest BCUT2D eigenvalue weighted by molar-refractivity contribution is 0.662. The molecule has 1 heterocycles. The molecule has 0 aliphatic heterocycles. The lowest BCUT2D eigenvalue weighted by atomic mass is 9.79. The van der Waals surface area contributed by atoms with Gasteiger partial charge in [0, 0.05) is 33.1 Å². The van der Waals surface area contributed by atoms with Gasteiger partial charge in [0.25, 0.3) is 0 Å². The molecule has 0 unspecified atom stereocenters. The van der Waals surface area contributed by atoms with Gasteiger partial charge in [0.05, 0.1) is 5.69 Å². The van der Waals surface area contributed by atoms with Gasteiger partial charge in [-0.2, -0.15) is 0 Å². The number of nitrogens with zero attached hydrogens (tertiary/aromatic N) is 1. The summed E-state index contributed by atoms with van der Waals surface area (Å²) in [4.78, 5) is 2.41. The van der Waals surface area contributed by atoms with E-state index in [-0.39, 0.29) is 5.41 Å². The molecule has 0 fully saturated rings. The number of benzene rings is 10. The summed E-state index contributed by atoms with van der Waals surface area (Å²) in [5.41, 5.74) is 19.8. The highest BCUT2D eigenvalue weighted by molar-refractivity contribution is 6.06. The Morgan fingerprint density at radius 3 is 1.81 bits per heavy atom. The van der Waals surface area contributed by atoms with Crippen LogP contribution in [0.5, 0.6) is 0 Å². The van der Waals surface area contributed by atoms with Crippen molar-refractivity contribution in [1.82, 2.24) is 0 Å². The van der Waals surface area contributed by atoms with Gasteiger partial charge in [0.15, 0.2) is 0 Å². The van der Waals surface area contributed by atoms with Crippen molar-refractivity contribution in [2.24, 2.45) is 0 Å². The van der Waals surface area contributed by atoms with Crippen molar-refractivity contribution < 1.29 is 4.42 Å². The van der Waals surface area contributed by atoms with Crippen LogP contribution in [0.15, 0.2) is 229 Å². The van der Waals surface area contributed by atoms with E-state index in [0.29, 0.717) is 0 Å². The van der Waals surface area contributed by atoms with E-state index in [4.69, 9.17) is 4.42 Å². The highest BCUT2D eigenvalue weighted by Crippen LogP contribution is 2.52. The van der Waals surface area contributed by atoms with Crippen LogP contribution in [-0.4, -0.2) is 0 Å². The molecule has 0 N–H and O–H groups in total. The molecule has 0 amide bonds. The number of para-hydroxylation sites is 2. The zero-order valence-corrected chi connectivity index (χ0v) is 35.2. The summed E-state index contributed by atoms with van der Waals surface area (Å²) in [5.74, 6) is 0. The maximum Gasteiger partial charge on any atom is 0.136 e. The van der Waals surface area contributed by atoms with Crippen LogP contribution in [0.3, 0.4) is 0 Å². The molecule has 12 rings (SSSR count). The molecule has 10 aromatic carbocycles. The van der Waals surface area contributed by atoms with E-state index < -0.39 is 0 Å². The van der Waals surface area contributed by atoms with Crippen molar-refractivity contribution in [3.63, 3.8) is 0 Å². The Morgan fingerprint density at radius 1 is 0.349 bits per heavy atom. The molecule has 0 saturated carbocycles. The van der Waals surface area contributed by atoms with E-state index in [2.05, 4.69) is 231 Å². The molecule has 0 bridgehead atoms. The van der Waals surface area contributed by atoms with E-state index in [9.17, 15) is 0 Å². The first-order valence-electron chi connectivity index (χ1n) is 21.8. The highest BCUT2D eigenvalue weighted by atomic mass is 16.3. The minimum absolute atomic E-state index is 0.110. The van der Waals surface area contributed by atoms with E-state index in [1.165, 1.54) is 60.8 Å². The maximum absolute atomic E-state index is 6.42. The molecule has 1 aromatic heterocycles. The standard InChI is InChI=1S/C61H43NO/c1-61(2)56-25-8-5-20-52(56)55-24-13-23-51(60(55)61)43-32-35-46(36-33-43)62(57-26-9-6-19-50(57)45-34-37-54-53-21-7-10-27-58(53)63-59(54)39-45)47-17-11-16-44(38-47)40-28-30-42(31-29-40)49-22-12-15-41-14-3-4-18-48(41)49/h3-39H,1-2H3. The number of hydrogen-bond acceptors (Lipinski definition) is 2. The molecule has 298 valence electrons. The van der Waals surface area contributed by atoms with Gasteiger partial charge in [-0.3, -0.25) is 0 Å². The first-order valence-corrected chi connectivity index (χ1v) is 21.8. The molecule has 2 nitrogen and oxygen atoms in total. The number of furan rings is 1. The predicted molar refractivity (Wildman–Crippen MR) is 265 cm³/mol. The third-order valence-electron chi connectivity index (χ3n) is 13.3. The van der Waals surface area contributed by atoms with Crippen molar-refractivity contribution in [2.75, 3.05) is 4.90 Å². The monoisotopic (exact) mass is 805 g/mol. The zero-order valence-electron chi connectivity index (χ0n) is 35.2. The fourth-order valence-corrected chi connectivity index (χ4v) is 10.3. The first-order chi connectivity index (χ1) is 31.0. The number of rotatable bonds is 7. The summed E-state index contributed by atoms with van der Waals surface area (Å²) >= 11 is 0. The Bertz CT molecular complexity index is 3530. The Morgan fingerprint density at radius 2 is 0.937 bits per heavy atom. The molecule has 1 aliphatic carbocycles. The molecule has 63 heavy (non-hydrogen) atoms. The van der Waals surface area contributed by atoms with Gasteiger partial charge in [-0.25, -0.2) is 0 Å². The van der Waals surface area contributed by atoms with Crippen molar-refractivity contribution in [2.45, 2.75) is 19.3 Å². The van der Waals surface area contributed by atoms with Crippen molar-refractivity contribution in [3.05, 3.63) is 236 Å². The van der Waals surface area contributed by atoms with Gasteiger partial charge in [0.1, 0.15) is 11.2 Å². The topological polar surface area (TPSA) is 16.4 Å². The van der Waals surface area contributed by atoms with Crippen LogP contribution in [-0.2, 0) is 5.41 Å².